The van der Waals surface area contributed by atoms with Gasteiger partial charge >= 0.3 is 6.18 Å². The molecule has 1 aromatic carbocycles. The maximum absolute atomic E-state index is 14.5. The molecule has 0 amide bonds. The molecule has 1 atom stereocenters. The number of piperazine rings is 1. The Bertz CT molecular complexity index is 514. The average Bonchev–Trinajstić information content (AvgIpc) is 2.39. The van der Waals surface area contributed by atoms with E-state index in [4.69, 9.17) is 0 Å². The standard InChI is InChI=1S/C16H22F4N2/c1-15(2,3)14(22-9-7-21-8-10-22)11-5-4-6-12(13(11)17)16(18,19)20/h4-6,14,21H,7-10H2,1-3H3/t14-/m1/s1. The summed E-state index contributed by atoms with van der Waals surface area (Å²) in [5.74, 6) is -1.14. The van der Waals surface area contributed by atoms with Crippen molar-refractivity contribution in [3.05, 3.63) is 35.1 Å². The number of rotatable bonds is 2. The van der Waals surface area contributed by atoms with Crippen molar-refractivity contribution in [1.29, 1.82) is 0 Å². The minimum Gasteiger partial charge on any atom is -0.314 e. The third kappa shape index (κ3) is 3.60. The first-order valence-electron chi connectivity index (χ1n) is 7.43. The molecule has 0 aliphatic carbocycles. The van der Waals surface area contributed by atoms with Crippen LogP contribution < -0.4 is 5.32 Å². The fourth-order valence-electron chi connectivity index (χ4n) is 3.13. The minimum absolute atomic E-state index is 0.129. The molecule has 1 aliphatic rings. The van der Waals surface area contributed by atoms with Crippen molar-refractivity contribution >= 4 is 0 Å². The van der Waals surface area contributed by atoms with Gasteiger partial charge in [-0.3, -0.25) is 4.90 Å². The largest absolute Gasteiger partial charge is 0.419 e. The van der Waals surface area contributed by atoms with Gasteiger partial charge in [0.1, 0.15) is 5.82 Å². The van der Waals surface area contributed by atoms with Crippen molar-refractivity contribution in [3.8, 4) is 0 Å². The molecular weight excluding hydrogens is 296 g/mol. The molecule has 1 aromatic rings. The molecular formula is C16H22F4N2. The van der Waals surface area contributed by atoms with Gasteiger partial charge < -0.3 is 5.32 Å². The summed E-state index contributed by atoms with van der Waals surface area (Å²) in [4.78, 5) is 2.06. The Hall–Kier alpha value is -1.14. The minimum atomic E-state index is -4.67. The first kappa shape index (κ1) is 17.2. The number of nitrogens with zero attached hydrogens (tertiary/aromatic N) is 1. The molecule has 2 rings (SSSR count). The second kappa shape index (κ2) is 6.16. The molecule has 0 radical (unpaired) electrons. The monoisotopic (exact) mass is 318 g/mol. The van der Waals surface area contributed by atoms with E-state index in [1.165, 1.54) is 12.1 Å². The lowest BCUT2D eigenvalue weighted by Gasteiger charge is -2.42. The molecule has 6 heteroatoms. The quantitative estimate of drug-likeness (QED) is 0.834. The Morgan fingerprint density at radius 1 is 1.09 bits per heavy atom. The summed E-state index contributed by atoms with van der Waals surface area (Å²) in [5.41, 5.74) is -1.43. The molecule has 1 aliphatic heterocycles. The van der Waals surface area contributed by atoms with E-state index in [0.717, 1.165) is 19.2 Å². The Kier molecular flexibility index (Phi) is 4.82. The summed E-state index contributed by atoms with van der Waals surface area (Å²) in [6.45, 7) is 8.69. The molecule has 1 heterocycles. The van der Waals surface area contributed by atoms with Crippen LogP contribution >= 0.6 is 0 Å². The van der Waals surface area contributed by atoms with Crippen LogP contribution in [0.2, 0.25) is 0 Å². The maximum atomic E-state index is 14.5. The highest BCUT2D eigenvalue weighted by Crippen LogP contribution is 2.42. The zero-order valence-electron chi connectivity index (χ0n) is 13.1. The van der Waals surface area contributed by atoms with Crippen LogP contribution in [0.4, 0.5) is 17.6 Å². The lowest BCUT2D eigenvalue weighted by atomic mass is 9.80. The van der Waals surface area contributed by atoms with E-state index < -0.39 is 23.6 Å². The molecule has 1 saturated heterocycles. The number of nitrogens with one attached hydrogen (secondary N) is 1. The number of hydrogen-bond acceptors (Lipinski definition) is 2. The molecule has 0 aromatic heterocycles. The zero-order valence-corrected chi connectivity index (χ0v) is 13.1. The smallest absolute Gasteiger partial charge is 0.314 e. The number of hydrogen-bond donors (Lipinski definition) is 1. The topological polar surface area (TPSA) is 15.3 Å². The molecule has 0 unspecified atom stereocenters. The lowest BCUT2D eigenvalue weighted by molar-refractivity contribution is -0.140. The summed E-state index contributed by atoms with van der Waals surface area (Å²) in [5, 5.41) is 3.21. The molecule has 1 fully saturated rings. The highest BCUT2D eigenvalue weighted by molar-refractivity contribution is 5.31. The van der Waals surface area contributed by atoms with Crippen molar-refractivity contribution in [2.45, 2.75) is 33.0 Å². The van der Waals surface area contributed by atoms with Gasteiger partial charge in [0.25, 0.3) is 0 Å². The molecule has 124 valence electrons. The predicted molar refractivity (Wildman–Crippen MR) is 78.0 cm³/mol. The highest BCUT2D eigenvalue weighted by atomic mass is 19.4. The van der Waals surface area contributed by atoms with Crippen LogP contribution in [0, 0.1) is 11.2 Å². The van der Waals surface area contributed by atoms with Gasteiger partial charge in [0.2, 0.25) is 0 Å². The summed E-state index contributed by atoms with van der Waals surface area (Å²) < 4.78 is 53.4. The second-order valence-corrected chi connectivity index (χ2v) is 6.76. The van der Waals surface area contributed by atoms with Crippen LogP contribution in [0.1, 0.15) is 37.9 Å². The van der Waals surface area contributed by atoms with Crippen LogP contribution in [0.3, 0.4) is 0 Å². The van der Waals surface area contributed by atoms with Gasteiger partial charge in [-0.05, 0) is 11.5 Å². The number of halogens is 4. The summed E-state index contributed by atoms with van der Waals surface area (Å²) in [6, 6.07) is 3.18. The van der Waals surface area contributed by atoms with E-state index in [2.05, 4.69) is 10.2 Å². The van der Waals surface area contributed by atoms with E-state index in [1.807, 2.05) is 20.8 Å². The molecule has 2 nitrogen and oxygen atoms in total. The molecule has 0 saturated carbocycles. The second-order valence-electron chi connectivity index (χ2n) is 6.76. The van der Waals surface area contributed by atoms with E-state index in [9.17, 15) is 17.6 Å². The molecule has 1 N–H and O–H groups in total. The van der Waals surface area contributed by atoms with Crippen molar-refractivity contribution in [3.63, 3.8) is 0 Å². The van der Waals surface area contributed by atoms with Crippen LogP contribution in [0.25, 0.3) is 0 Å². The zero-order chi connectivity index (χ0) is 16.5. The molecule has 0 spiro atoms. The summed E-state index contributed by atoms with van der Waals surface area (Å²) in [6.07, 6.45) is -4.67. The summed E-state index contributed by atoms with van der Waals surface area (Å²) in [7, 11) is 0. The van der Waals surface area contributed by atoms with Gasteiger partial charge in [0.15, 0.2) is 0 Å². The van der Waals surface area contributed by atoms with Gasteiger partial charge in [-0.2, -0.15) is 13.2 Å². The average molecular weight is 318 g/mol. The Morgan fingerprint density at radius 2 is 1.68 bits per heavy atom. The molecule has 22 heavy (non-hydrogen) atoms. The third-order valence-electron chi connectivity index (χ3n) is 3.97. The maximum Gasteiger partial charge on any atom is 0.419 e. The SMILES string of the molecule is CC(C)(C)[C@@H](c1cccc(C(F)(F)F)c1F)N1CCNCC1. The van der Waals surface area contributed by atoms with Crippen LogP contribution in [0.5, 0.6) is 0 Å². The first-order valence-corrected chi connectivity index (χ1v) is 7.43. The fourth-order valence-corrected chi connectivity index (χ4v) is 3.13. The summed E-state index contributed by atoms with van der Waals surface area (Å²) >= 11 is 0. The van der Waals surface area contributed by atoms with Crippen molar-refractivity contribution in [2.75, 3.05) is 26.2 Å². The van der Waals surface area contributed by atoms with E-state index in [1.54, 1.807) is 0 Å². The first-order chi connectivity index (χ1) is 10.1. The van der Waals surface area contributed by atoms with Crippen molar-refractivity contribution in [1.82, 2.24) is 10.2 Å². The van der Waals surface area contributed by atoms with Gasteiger partial charge in [0, 0.05) is 37.8 Å². The van der Waals surface area contributed by atoms with Crippen molar-refractivity contribution in [2.24, 2.45) is 5.41 Å². The normalized spacial score (nSPS) is 19.2. The Labute approximate surface area is 128 Å². The van der Waals surface area contributed by atoms with Crippen LogP contribution in [-0.4, -0.2) is 31.1 Å². The Morgan fingerprint density at radius 3 is 2.18 bits per heavy atom. The van der Waals surface area contributed by atoms with E-state index in [-0.39, 0.29) is 11.0 Å². The highest BCUT2D eigenvalue weighted by Gasteiger charge is 2.39. The third-order valence-corrected chi connectivity index (χ3v) is 3.97. The number of benzene rings is 1. The van der Waals surface area contributed by atoms with Crippen LogP contribution in [-0.2, 0) is 6.18 Å². The van der Waals surface area contributed by atoms with E-state index in [0.29, 0.717) is 13.1 Å². The fraction of sp³-hybridized carbons (Fsp3) is 0.625. The van der Waals surface area contributed by atoms with Gasteiger partial charge in [0.05, 0.1) is 5.56 Å². The van der Waals surface area contributed by atoms with Gasteiger partial charge in [-0.15, -0.1) is 0 Å². The Balaban J connectivity index is 2.48. The molecule has 0 bridgehead atoms. The lowest BCUT2D eigenvalue weighted by Crippen LogP contribution is -2.48. The number of alkyl halides is 3. The van der Waals surface area contributed by atoms with Crippen molar-refractivity contribution < 1.29 is 17.6 Å². The van der Waals surface area contributed by atoms with Crippen LogP contribution in [0.15, 0.2) is 18.2 Å². The van der Waals surface area contributed by atoms with Gasteiger partial charge in [-0.1, -0.05) is 32.9 Å². The van der Waals surface area contributed by atoms with E-state index >= 15 is 0 Å². The van der Waals surface area contributed by atoms with Gasteiger partial charge in [-0.25, -0.2) is 4.39 Å². The predicted octanol–water partition coefficient (Wildman–Crippen LogP) is 3.84.